The first-order valence-electron chi connectivity index (χ1n) is 14.3. The molecule has 3 heteroatoms. The standard InChI is InChI=1S/C38H32NOP/c1-26(2)35-25-40-38(39-35)34-22-21-29(37-32-19-11-9-13-27(32)23-28-14-10-12-20-33(28)37)24-36(34)41(30-15-5-3-6-16-30)31-17-7-4-8-18-31/h3-24,26,35H,25H2,1-2H3/t35-/m1/s1. The quantitative estimate of drug-likeness (QED) is 0.152. The average Bonchev–Trinajstić information content (AvgIpc) is 3.52. The lowest BCUT2D eigenvalue weighted by atomic mass is 9.91. The van der Waals surface area contributed by atoms with Gasteiger partial charge in [-0.05, 0) is 80.6 Å². The third-order valence-corrected chi connectivity index (χ3v) is 10.5. The van der Waals surface area contributed by atoms with E-state index in [2.05, 4.69) is 147 Å². The first-order chi connectivity index (χ1) is 20.2. The fraction of sp³-hybridized carbons (Fsp3) is 0.132. The lowest BCUT2D eigenvalue weighted by Crippen LogP contribution is -2.25. The van der Waals surface area contributed by atoms with Gasteiger partial charge in [0.25, 0.3) is 0 Å². The normalized spacial score (nSPS) is 15.0. The summed E-state index contributed by atoms with van der Waals surface area (Å²) in [6, 6.07) is 48.7. The third-order valence-electron chi connectivity index (χ3n) is 8.00. The minimum absolute atomic E-state index is 0.180. The number of ether oxygens (including phenoxy) is 1. The highest BCUT2D eigenvalue weighted by Crippen LogP contribution is 2.40. The highest BCUT2D eigenvalue weighted by Gasteiger charge is 2.28. The molecule has 2 nitrogen and oxygen atoms in total. The van der Waals surface area contributed by atoms with Gasteiger partial charge in [0.1, 0.15) is 6.61 Å². The Morgan fingerprint density at radius 1 is 0.659 bits per heavy atom. The van der Waals surface area contributed by atoms with Crippen molar-refractivity contribution in [3.05, 3.63) is 139 Å². The van der Waals surface area contributed by atoms with Crippen LogP contribution < -0.4 is 15.9 Å². The number of hydrogen-bond donors (Lipinski definition) is 0. The highest BCUT2D eigenvalue weighted by atomic mass is 31.1. The molecule has 7 rings (SSSR count). The van der Waals surface area contributed by atoms with Crippen LogP contribution in [0.2, 0.25) is 0 Å². The van der Waals surface area contributed by atoms with E-state index in [0.29, 0.717) is 12.5 Å². The fourth-order valence-electron chi connectivity index (χ4n) is 5.84. The second-order valence-corrected chi connectivity index (χ2v) is 13.2. The van der Waals surface area contributed by atoms with Crippen molar-refractivity contribution in [3.8, 4) is 11.1 Å². The molecule has 0 bridgehead atoms. The van der Waals surface area contributed by atoms with Gasteiger partial charge in [0.2, 0.25) is 5.90 Å². The minimum atomic E-state index is -0.866. The van der Waals surface area contributed by atoms with Crippen LogP contribution >= 0.6 is 7.92 Å². The Morgan fingerprint density at radius 3 is 1.78 bits per heavy atom. The molecule has 1 heterocycles. The number of rotatable bonds is 6. The summed E-state index contributed by atoms with van der Waals surface area (Å²) in [5.74, 6) is 1.20. The molecule has 0 radical (unpaired) electrons. The highest BCUT2D eigenvalue weighted by molar-refractivity contribution is 7.80. The molecule has 0 aromatic heterocycles. The van der Waals surface area contributed by atoms with Gasteiger partial charge in [-0.25, -0.2) is 4.99 Å². The predicted molar refractivity (Wildman–Crippen MR) is 177 cm³/mol. The maximum Gasteiger partial charge on any atom is 0.217 e. The lowest BCUT2D eigenvalue weighted by molar-refractivity contribution is 0.292. The summed E-state index contributed by atoms with van der Waals surface area (Å²) < 4.78 is 6.32. The van der Waals surface area contributed by atoms with Crippen LogP contribution in [-0.4, -0.2) is 18.5 Å². The molecule has 6 aromatic rings. The second-order valence-electron chi connectivity index (χ2n) is 11.0. The first kappa shape index (κ1) is 25.7. The zero-order valence-corrected chi connectivity index (χ0v) is 24.3. The van der Waals surface area contributed by atoms with Crippen molar-refractivity contribution in [2.24, 2.45) is 10.9 Å². The van der Waals surface area contributed by atoms with Gasteiger partial charge >= 0.3 is 0 Å². The molecule has 0 spiro atoms. The molecule has 1 aliphatic heterocycles. The largest absolute Gasteiger partial charge is 0.475 e. The number of fused-ring (bicyclic) bond motifs is 2. The van der Waals surface area contributed by atoms with Gasteiger partial charge in [0.05, 0.1) is 6.04 Å². The molecule has 0 fully saturated rings. The molecule has 6 aromatic carbocycles. The molecule has 0 aliphatic carbocycles. The lowest BCUT2D eigenvalue weighted by Gasteiger charge is -2.23. The van der Waals surface area contributed by atoms with Gasteiger partial charge in [0.15, 0.2) is 0 Å². The van der Waals surface area contributed by atoms with Crippen LogP contribution in [0.5, 0.6) is 0 Å². The van der Waals surface area contributed by atoms with E-state index in [1.54, 1.807) is 0 Å². The molecule has 41 heavy (non-hydrogen) atoms. The van der Waals surface area contributed by atoms with Gasteiger partial charge in [-0.1, -0.05) is 129 Å². The molecule has 0 N–H and O–H groups in total. The van der Waals surface area contributed by atoms with Crippen LogP contribution in [0, 0.1) is 5.92 Å². The van der Waals surface area contributed by atoms with Crippen LogP contribution in [-0.2, 0) is 4.74 Å². The van der Waals surface area contributed by atoms with Crippen LogP contribution in [0.4, 0.5) is 0 Å². The topological polar surface area (TPSA) is 21.6 Å². The van der Waals surface area contributed by atoms with E-state index in [0.717, 1.165) is 11.5 Å². The van der Waals surface area contributed by atoms with Crippen molar-refractivity contribution in [3.63, 3.8) is 0 Å². The Balaban J connectivity index is 1.53. The van der Waals surface area contributed by atoms with E-state index in [1.807, 2.05) is 0 Å². The number of nitrogens with zero attached hydrogens (tertiary/aromatic N) is 1. The summed E-state index contributed by atoms with van der Waals surface area (Å²) >= 11 is 0. The van der Waals surface area contributed by atoms with Gasteiger partial charge in [0, 0.05) is 5.56 Å². The zero-order chi connectivity index (χ0) is 27.8. The Bertz CT molecular complexity index is 1780. The molecule has 200 valence electrons. The summed E-state index contributed by atoms with van der Waals surface area (Å²) in [5, 5.41) is 8.94. The van der Waals surface area contributed by atoms with Gasteiger partial charge in [-0.2, -0.15) is 0 Å². The van der Waals surface area contributed by atoms with E-state index < -0.39 is 7.92 Å². The van der Waals surface area contributed by atoms with Crippen LogP contribution in [0.25, 0.3) is 32.7 Å². The van der Waals surface area contributed by atoms with Crippen molar-refractivity contribution < 1.29 is 4.74 Å². The fourth-order valence-corrected chi connectivity index (χ4v) is 8.31. The van der Waals surface area contributed by atoms with Crippen molar-refractivity contribution in [2.45, 2.75) is 19.9 Å². The molecule has 0 amide bonds. The Labute approximate surface area is 243 Å². The maximum absolute atomic E-state index is 6.32. The molecular weight excluding hydrogens is 517 g/mol. The predicted octanol–water partition coefficient (Wildman–Crippen LogP) is 8.22. The maximum atomic E-state index is 6.32. The van der Waals surface area contributed by atoms with Crippen LogP contribution in [0.3, 0.4) is 0 Å². The molecular formula is C38H32NOP. The van der Waals surface area contributed by atoms with Crippen molar-refractivity contribution in [1.82, 2.24) is 0 Å². The molecule has 1 atom stereocenters. The van der Waals surface area contributed by atoms with Crippen molar-refractivity contribution in [2.75, 3.05) is 6.61 Å². The van der Waals surface area contributed by atoms with Gasteiger partial charge in [-0.15, -0.1) is 0 Å². The minimum Gasteiger partial charge on any atom is -0.475 e. The number of hydrogen-bond acceptors (Lipinski definition) is 2. The van der Waals surface area contributed by atoms with E-state index in [4.69, 9.17) is 9.73 Å². The molecule has 0 saturated carbocycles. The Morgan fingerprint density at radius 2 is 1.22 bits per heavy atom. The summed E-state index contributed by atoms with van der Waals surface area (Å²) in [6.07, 6.45) is 0. The molecule has 0 saturated heterocycles. The Kier molecular flexibility index (Phi) is 6.87. The van der Waals surface area contributed by atoms with Gasteiger partial charge in [-0.3, -0.25) is 0 Å². The summed E-state index contributed by atoms with van der Waals surface area (Å²) in [4.78, 5) is 5.10. The van der Waals surface area contributed by atoms with E-state index in [9.17, 15) is 0 Å². The Hall–Kier alpha value is -4.26. The average molecular weight is 550 g/mol. The van der Waals surface area contributed by atoms with E-state index >= 15 is 0 Å². The first-order valence-corrected chi connectivity index (χ1v) is 15.7. The zero-order valence-electron chi connectivity index (χ0n) is 23.4. The molecule has 0 unspecified atom stereocenters. The van der Waals surface area contributed by atoms with Crippen LogP contribution in [0.15, 0.2) is 138 Å². The summed E-state index contributed by atoms with van der Waals surface area (Å²) in [5.41, 5.74) is 3.59. The smallest absolute Gasteiger partial charge is 0.217 e. The number of benzene rings is 6. The summed E-state index contributed by atoms with van der Waals surface area (Å²) in [7, 11) is -0.866. The third kappa shape index (κ3) is 4.83. The molecule has 1 aliphatic rings. The SMILES string of the molecule is CC(C)[C@H]1COC(c2ccc(-c3c4ccccc4cc4ccccc34)cc2P(c2ccccc2)c2ccccc2)=N1. The van der Waals surface area contributed by atoms with Crippen molar-refractivity contribution in [1.29, 1.82) is 0 Å². The number of aliphatic imine (C=N–C) groups is 1. The second kappa shape index (κ2) is 11.0. The monoisotopic (exact) mass is 549 g/mol. The van der Waals surface area contributed by atoms with Crippen molar-refractivity contribution >= 4 is 51.3 Å². The van der Waals surface area contributed by atoms with Crippen LogP contribution in [0.1, 0.15) is 19.4 Å². The van der Waals surface area contributed by atoms with E-state index in [1.165, 1.54) is 48.6 Å². The van der Waals surface area contributed by atoms with Gasteiger partial charge < -0.3 is 4.74 Å². The summed E-state index contributed by atoms with van der Waals surface area (Å²) in [6.45, 7) is 5.07. The van der Waals surface area contributed by atoms with E-state index in [-0.39, 0.29) is 6.04 Å².